The minimum absolute atomic E-state index is 0.104. The Hall–Kier alpha value is -2.99. The Bertz CT molecular complexity index is 812. The third-order valence-corrected chi connectivity index (χ3v) is 3.35. The predicted molar refractivity (Wildman–Crippen MR) is 81.4 cm³/mol. The summed E-state index contributed by atoms with van der Waals surface area (Å²) >= 11 is 0. The van der Waals surface area contributed by atoms with E-state index in [2.05, 4.69) is 10.2 Å². The topological polar surface area (TPSA) is 80.0 Å². The fourth-order valence-electron chi connectivity index (χ4n) is 2.33. The Kier molecular flexibility index (Phi) is 3.67. The van der Waals surface area contributed by atoms with Crippen LogP contribution >= 0.6 is 0 Å². The third kappa shape index (κ3) is 2.36. The second kappa shape index (κ2) is 5.79. The highest BCUT2D eigenvalue weighted by Gasteiger charge is 2.18. The van der Waals surface area contributed by atoms with Crippen molar-refractivity contribution in [3.05, 3.63) is 71.5 Å². The average Bonchev–Trinajstić information content (AvgIpc) is 2.95. The van der Waals surface area contributed by atoms with Crippen molar-refractivity contribution in [1.29, 1.82) is 0 Å². The van der Waals surface area contributed by atoms with Crippen LogP contribution in [-0.4, -0.2) is 25.8 Å². The van der Waals surface area contributed by atoms with Crippen molar-refractivity contribution < 1.29 is 10.0 Å². The lowest BCUT2D eigenvalue weighted by Crippen LogP contribution is -2.10. The van der Waals surface area contributed by atoms with Crippen molar-refractivity contribution in [1.82, 2.24) is 14.8 Å². The van der Waals surface area contributed by atoms with Crippen molar-refractivity contribution in [3.8, 4) is 5.69 Å². The van der Waals surface area contributed by atoms with E-state index >= 15 is 0 Å². The van der Waals surface area contributed by atoms with Gasteiger partial charge in [-0.05, 0) is 19.1 Å². The number of carbonyl (C=O) groups excluding carboxylic acids is 1. The molecule has 0 fully saturated rings. The van der Waals surface area contributed by atoms with E-state index in [1.54, 1.807) is 41.8 Å². The first-order valence-corrected chi connectivity index (χ1v) is 6.73. The van der Waals surface area contributed by atoms with Gasteiger partial charge in [0.05, 0.1) is 5.69 Å². The van der Waals surface area contributed by atoms with Gasteiger partial charge in [-0.3, -0.25) is 14.6 Å². The molecule has 0 aliphatic heterocycles. The molecule has 22 heavy (non-hydrogen) atoms. The lowest BCUT2D eigenvalue weighted by molar-refractivity contribution is 0.103. The normalized spacial score (nSPS) is 10.5. The number of aryl methyl sites for hydroxylation is 1. The van der Waals surface area contributed by atoms with E-state index in [1.807, 2.05) is 29.7 Å². The smallest absolute Gasteiger partial charge is 0.253 e. The lowest BCUT2D eigenvalue weighted by atomic mass is 10.0. The Morgan fingerprint density at radius 3 is 2.45 bits per heavy atom. The van der Waals surface area contributed by atoms with Gasteiger partial charge in [-0.15, -0.1) is 10.2 Å². The summed E-state index contributed by atoms with van der Waals surface area (Å²) in [6, 6.07) is 16.2. The molecule has 0 bridgehead atoms. The highest BCUT2D eigenvalue weighted by molar-refractivity contribution is 6.11. The van der Waals surface area contributed by atoms with Crippen LogP contribution in [0.25, 0.3) is 5.69 Å². The number of para-hydroxylation sites is 1. The number of aromatic nitrogens is 3. The van der Waals surface area contributed by atoms with Crippen LogP contribution in [0.3, 0.4) is 0 Å². The number of nitrogens with zero attached hydrogens (tertiary/aromatic N) is 3. The highest BCUT2D eigenvalue weighted by Crippen LogP contribution is 2.22. The van der Waals surface area contributed by atoms with Gasteiger partial charge in [0, 0.05) is 11.1 Å². The number of anilines is 1. The van der Waals surface area contributed by atoms with Crippen LogP contribution in [0.1, 0.15) is 21.7 Å². The molecule has 110 valence electrons. The molecular weight excluding hydrogens is 280 g/mol. The molecule has 0 amide bonds. The number of hydrogen-bond donors (Lipinski definition) is 2. The molecule has 0 radical (unpaired) electrons. The standard InChI is InChI=1S/C16H14N4O2/c1-11-17-18-16(19-22)20(11)14-10-6-5-9-13(14)15(21)12-7-3-2-4-8-12/h2-10,22H,1H3,(H,18,19). The molecular formula is C16H14N4O2. The number of rotatable bonds is 4. The molecule has 6 heteroatoms. The largest absolute Gasteiger partial charge is 0.289 e. The zero-order chi connectivity index (χ0) is 15.5. The fourth-order valence-corrected chi connectivity index (χ4v) is 2.33. The number of benzene rings is 2. The zero-order valence-corrected chi connectivity index (χ0v) is 11.9. The lowest BCUT2D eigenvalue weighted by Gasteiger charge is -2.12. The Morgan fingerprint density at radius 2 is 1.73 bits per heavy atom. The van der Waals surface area contributed by atoms with E-state index < -0.39 is 0 Å². The van der Waals surface area contributed by atoms with Crippen molar-refractivity contribution >= 4 is 11.7 Å². The molecule has 2 N–H and O–H groups in total. The number of hydrogen-bond acceptors (Lipinski definition) is 5. The van der Waals surface area contributed by atoms with Crippen molar-refractivity contribution in [3.63, 3.8) is 0 Å². The number of carbonyl (C=O) groups is 1. The molecule has 0 saturated heterocycles. The van der Waals surface area contributed by atoms with Crippen molar-refractivity contribution in [2.45, 2.75) is 6.92 Å². The third-order valence-electron chi connectivity index (χ3n) is 3.35. The van der Waals surface area contributed by atoms with Crippen molar-refractivity contribution in [2.24, 2.45) is 0 Å². The van der Waals surface area contributed by atoms with E-state index in [4.69, 9.17) is 0 Å². The van der Waals surface area contributed by atoms with Gasteiger partial charge < -0.3 is 0 Å². The van der Waals surface area contributed by atoms with E-state index in [1.165, 1.54) is 0 Å². The van der Waals surface area contributed by atoms with Gasteiger partial charge in [-0.2, -0.15) is 0 Å². The fraction of sp³-hybridized carbons (Fsp3) is 0.0625. The molecule has 3 rings (SSSR count). The minimum Gasteiger partial charge on any atom is -0.289 e. The summed E-state index contributed by atoms with van der Waals surface area (Å²) in [5.41, 5.74) is 3.71. The van der Waals surface area contributed by atoms with Gasteiger partial charge in [-0.25, -0.2) is 5.48 Å². The monoisotopic (exact) mass is 294 g/mol. The molecule has 0 aliphatic rings. The van der Waals surface area contributed by atoms with E-state index in [9.17, 15) is 10.0 Å². The molecule has 0 spiro atoms. The summed E-state index contributed by atoms with van der Waals surface area (Å²) in [5.74, 6) is 0.615. The summed E-state index contributed by atoms with van der Waals surface area (Å²) < 4.78 is 1.59. The summed E-state index contributed by atoms with van der Waals surface area (Å²) in [4.78, 5) is 12.7. The number of nitrogens with one attached hydrogen (secondary N) is 1. The molecule has 2 aromatic carbocycles. The molecule has 0 atom stereocenters. The predicted octanol–water partition coefficient (Wildman–Crippen LogP) is 2.61. The maximum Gasteiger partial charge on any atom is 0.253 e. The van der Waals surface area contributed by atoms with Crippen LogP contribution in [0.15, 0.2) is 54.6 Å². The van der Waals surface area contributed by atoms with Crippen LogP contribution in [0.5, 0.6) is 0 Å². The Morgan fingerprint density at radius 1 is 1.05 bits per heavy atom. The molecule has 1 heterocycles. The van der Waals surface area contributed by atoms with Gasteiger partial charge in [0.2, 0.25) is 0 Å². The van der Waals surface area contributed by atoms with E-state index in [0.29, 0.717) is 22.6 Å². The molecule has 0 aliphatic carbocycles. The van der Waals surface area contributed by atoms with Gasteiger partial charge in [0.15, 0.2) is 5.78 Å². The first-order chi connectivity index (χ1) is 10.7. The minimum atomic E-state index is -0.104. The molecule has 0 saturated carbocycles. The summed E-state index contributed by atoms with van der Waals surface area (Å²) in [6.45, 7) is 1.75. The van der Waals surface area contributed by atoms with Crippen LogP contribution in [0, 0.1) is 6.92 Å². The van der Waals surface area contributed by atoms with Gasteiger partial charge >= 0.3 is 0 Å². The molecule has 6 nitrogen and oxygen atoms in total. The first-order valence-electron chi connectivity index (χ1n) is 6.73. The second-order valence-corrected chi connectivity index (χ2v) is 4.73. The molecule has 3 aromatic rings. The summed E-state index contributed by atoms with van der Waals surface area (Å²) in [5, 5.41) is 16.9. The van der Waals surface area contributed by atoms with Crippen molar-refractivity contribution in [2.75, 3.05) is 5.48 Å². The quantitative estimate of drug-likeness (QED) is 0.571. The van der Waals surface area contributed by atoms with Gasteiger partial charge in [-0.1, -0.05) is 42.5 Å². The SMILES string of the molecule is Cc1nnc(NO)n1-c1ccccc1C(=O)c1ccccc1. The van der Waals surface area contributed by atoms with Gasteiger partial charge in [0.1, 0.15) is 5.82 Å². The Balaban J connectivity index is 2.15. The van der Waals surface area contributed by atoms with Crippen LogP contribution in [-0.2, 0) is 0 Å². The van der Waals surface area contributed by atoms with Gasteiger partial charge in [0.25, 0.3) is 5.95 Å². The number of ketones is 1. The average molecular weight is 294 g/mol. The van der Waals surface area contributed by atoms with Crippen LogP contribution in [0.2, 0.25) is 0 Å². The maximum absolute atomic E-state index is 12.7. The second-order valence-electron chi connectivity index (χ2n) is 4.73. The zero-order valence-electron chi connectivity index (χ0n) is 11.9. The van der Waals surface area contributed by atoms with Crippen LogP contribution in [0.4, 0.5) is 5.95 Å². The van der Waals surface area contributed by atoms with E-state index in [-0.39, 0.29) is 11.7 Å². The first kappa shape index (κ1) is 14.0. The van der Waals surface area contributed by atoms with E-state index in [0.717, 1.165) is 0 Å². The maximum atomic E-state index is 12.7. The Labute approximate surface area is 127 Å². The molecule has 0 unspecified atom stereocenters. The highest BCUT2D eigenvalue weighted by atomic mass is 16.5. The summed E-state index contributed by atoms with van der Waals surface area (Å²) in [7, 11) is 0. The molecule has 1 aromatic heterocycles. The summed E-state index contributed by atoms with van der Waals surface area (Å²) in [6.07, 6.45) is 0. The van der Waals surface area contributed by atoms with Crippen LogP contribution < -0.4 is 5.48 Å².